The summed E-state index contributed by atoms with van der Waals surface area (Å²) in [5, 5.41) is 8.51. The van der Waals surface area contributed by atoms with Crippen LogP contribution < -0.4 is 19.3 Å². The van der Waals surface area contributed by atoms with E-state index < -0.39 is 0 Å². The number of methoxy groups -OCH3 is 2. The Hall–Kier alpha value is -3.03. The van der Waals surface area contributed by atoms with E-state index in [1.165, 1.54) is 0 Å². The summed E-state index contributed by atoms with van der Waals surface area (Å²) >= 11 is 0. The van der Waals surface area contributed by atoms with Crippen LogP contribution in [0.5, 0.6) is 11.5 Å². The van der Waals surface area contributed by atoms with Gasteiger partial charge in [0, 0.05) is 45.8 Å². The Morgan fingerprint density at radius 2 is 1.67 bits per heavy atom. The smallest absolute Gasteiger partial charge is 0.254 e. The SMILES string of the molecule is COc1ccc(C(=O)N2CCN(c3ccc(N(C)C)nn3)CC2)cc1OC. The van der Waals surface area contributed by atoms with E-state index in [2.05, 4.69) is 15.1 Å². The van der Waals surface area contributed by atoms with Crippen molar-refractivity contribution in [1.29, 1.82) is 0 Å². The third kappa shape index (κ3) is 4.05. The lowest BCUT2D eigenvalue weighted by Crippen LogP contribution is -2.49. The molecule has 0 bridgehead atoms. The molecule has 0 N–H and O–H groups in total. The molecule has 0 unspecified atom stereocenters. The Morgan fingerprint density at radius 1 is 0.963 bits per heavy atom. The molecule has 1 aliphatic rings. The van der Waals surface area contributed by atoms with Crippen LogP contribution in [-0.2, 0) is 0 Å². The van der Waals surface area contributed by atoms with Gasteiger partial charge in [-0.25, -0.2) is 0 Å². The fraction of sp³-hybridized carbons (Fsp3) is 0.421. The second-order valence-electron chi connectivity index (χ2n) is 6.49. The van der Waals surface area contributed by atoms with E-state index in [0.29, 0.717) is 30.2 Å². The van der Waals surface area contributed by atoms with Crippen molar-refractivity contribution < 1.29 is 14.3 Å². The Labute approximate surface area is 159 Å². The predicted octanol–water partition coefficient (Wildman–Crippen LogP) is 1.52. The summed E-state index contributed by atoms with van der Waals surface area (Å²) in [5.41, 5.74) is 0.594. The molecule has 144 valence electrons. The van der Waals surface area contributed by atoms with Gasteiger partial charge in [-0.2, -0.15) is 0 Å². The van der Waals surface area contributed by atoms with Gasteiger partial charge in [0.1, 0.15) is 0 Å². The number of rotatable bonds is 5. The van der Waals surface area contributed by atoms with E-state index in [9.17, 15) is 4.79 Å². The standard InChI is InChI=1S/C19H25N5O3/c1-22(2)17-7-8-18(21-20-17)23-9-11-24(12-10-23)19(25)14-5-6-15(26-3)16(13-14)27-4/h5-8,13H,9-12H2,1-4H3. The quantitative estimate of drug-likeness (QED) is 0.789. The summed E-state index contributed by atoms with van der Waals surface area (Å²) in [6, 6.07) is 9.16. The number of carbonyl (C=O) groups is 1. The third-order valence-electron chi connectivity index (χ3n) is 4.62. The first-order valence-corrected chi connectivity index (χ1v) is 8.80. The molecule has 3 rings (SSSR count). The number of benzene rings is 1. The number of piperazine rings is 1. The fourth-order valence-corrected chi connectivity index (χ4v) is 3.02. The minimum Gasteiger partial charge on any atom is -0.493 e. The van der Waals surface area contributed by atoms with E-state index in [-0.39, 0.29) is 5.91 Å². The van der Waals surface area contributed by atoms with Gasteiger partial charge in [0.25, 0.3) is 5.91 Å². The predicted molar refractivity (Wildman–Crippen MR) is 104 cm³/mol. The number of amides is 1. The van der Waals surface area contributed by atoms with Crippen molar-refractivity contribution in [2.45, 2.75) is 0 Å². The summed E-state index contributed by atoms with van der Waals surface area (Å²) in [6.07, 6.45) is 0. The molecular formula is C19H25N5O3. The maximum atomic E-state index is 12.8. The molecule has 0 saturated carbocycles. The van der Waals surface area contributed by atoms with Crippen molar-refractivity contribution in [3.05, 3.63) is 35.9 Å². The molecule has 0 radical (unpaired) electrons. The first kappa shape index (κ1) is 18.8. The Morgan fingerprint density at radius 3 is 2.22 bits per heavy atom. The average molecular weight is 371 g/mol. The fourth-order valence-electron chi connectivity index (χ4n) is 3.02. The van der Waals surface area contributed by atoms with Crippen LogP contribution in [0.25, 0.3) is 0 Å². The van der Waals surface area contributed by atoms with E-state index >= 15 is 0 Å². The lowest BCUT2D eigenvalue weighted by molar-refractivity contribution is 0.0746. The summed E-state index contributed by atoms with van der Waals surface area (Å²) in [4.78, 5) is 18.7. The molecular weight excluding hydrogens is 346 g/mol. The van der Waals surface area contributed by atoms with Crippen LogP contribution in [0.2, 0.25) is 0 Å². The highest BCUT2D eigenvalue weighted by atomic mass is 16.5. The highest BCUT2D eigenvalue weighted by molar-refractivity contribution is 5.95. The van der Waals surface area contributed by atoms with Crippen LogP contribution in [0, 0.1) is 0 Å². The molecule has 1 amide bonds. The minimum atomic E-state index is -0.00959. The lowest BCUT2D eigenvalue weighted by Gasteiger charge is -2.35. The van der Waals surface area contributed by atoms with E-state index in [0.717, 1.165) is 24.7 Å². The zero-order chi connectivity index (χ0) is 19.4. The molecule has 0 aliphatic carbocycles. The number of aromatic nitrogens is 2. The van der Waals surface area contributed by atoms with E-state index in [1.807, 2.05) is 36.0 Å². The molecule has 2 heterocycles. The topological polar surface area (TPSA) is 71.0 Å². The summed E-state index contributed by atoms with van der Waals surface area (Å²) < 4.78 is 10.5. The number of ether oxygens (including phenoxy) is 2. The second-order valence-corrected chi connectivity index (χ2v) is 6.49. The van der Waals surface area contributed by atoms with Crippen molar-refractivity contribution in [1.82, 2.24) is 15.1 Å². The molecule has 1 aromatic heterocycles. The molecule has 1 aromatic carbocycles. The lowest BCUT2D eigenvalue weighted by atomic mass is 10.1. The van der Waals surface area contributed by atoms with Crippen LogP contribution >= 0.6 is 0 Å². The maximum absolute atomic E-state index is 12.8. The number of nitrogens with zero attached hydrogens (tertiary/aromatic N) is 5. The Balaban J connectivity index is 1.64. The molecule has 8 nitrogen and oxygen atoms in total. The van der Waals surface area contributed by atoms with Crippen molar-refractivity contribution >= 4 is 17.5 Å². The largest absolute Gasteiger partial charge is 0.493 e. The molecule has 1 fully saturated rings. The zero-order valence-electron chi connectivity index (χ0n) is 16.2. The van der Waals surface area contributed by atoms with Crippen molar-refractivity contribution in [2.75, 3.05) is 64.3 Å². The number of hydrogen-bond donors (Lipinski definition) is 0. The first-order chi connectivity index (χ1) is 13.0. The average Bonchev–Trinajstić information content (AvgIpc) is 2.72. The molecule has 0 atom stereocenters. The highest BCUT2D eigenvalue weighted by Gasteiger charge is 2.24. The van der Waals surface area contributed by atoms with Gasteiger partial charge in [-0.05, 0) is 30.3 Å². The second kappa shape index (κ2) is 8.11. The van der Waals surface area contributed by atoms with Crippen LogP contribution in [0.4, 0.5) is 11.6 Å². The normalized spacial score (nSPS) is 14.1. The van der Waals surface area contributed by atoms with Gasteiger partial charge in [-0.15, -0.1) is 10.2 Å². The van der Waals surface area contributed by atoms with Gasteiger partial charge < -0.3 is 24.2 Å². The van der Waals surface area contributed by atoms with Crippen LogP contribution in [0.3, 0.4) is 0 Å². The molecule has 2 aromatic rings. The minimum absolute atomic E-state index is 0.00959. The number of hydrogen-bond acceptors (Lipinski definition) is 7. The molecule has 0 spiro atoms. The van der Waals surface area contributed by atoms with E-state index in [4.69, 9.17) is 9.47 Å². The van der Waals surface area contributed by atoms with E-state index in [1.54, 1.807) is 32.4 Å². The van der Waals surface area contributed by atoms with Crippen molar-refractivity contribution in [3.63, 3.8) is 0 Å². The molecule has 27 heavy (non-hydrogen) atoms. The van der Waals surface area contributed by atoms with Crippen molar-refractivity contribution in [2.24, 2.45) is 0 Å². The zero-order valence-corrected chi connectivity index (χ0v) is 16.2. The number of anilines is 2. The summed E-state index contributed by atoms with van der Waals surface area (Å²) in [7, 11) is 7.00. The van der Waals surface area contributed by atoms with Crippen LogP contribution in [0.15, 0.2) is 30.3 Å². The molecule has 1 aliphatic heterocycles. The van der Waals surface area contributed by atoms with Gasteiger partial charge in [0.2, 0.25) is 0 Å². The third-order valence-corrected chi connectivity index (χ3v) is 4.62. The maximum Gasteiger partial charge on any atom is 0.254 e. The van der Waals surface area contributed by atoms with Gasteiger partial charge in [-0.1, -0.05) is 0 Å². The van der Waals surface area contributed by atoms with Gasteiger partial charge >= 0.3 is 0 Å². The monoisotopic (exact) mass is 371 g/mol. The van der Waals surface area contributed by atoms with Gasteiger partial charge in [0.05, 0.1) is 14.2 Å². The van der Waals surface area contributed by atoms with Crippen LogP contribution in [0.1, 0.15) is 10.4 Å². The molecule has 8 heteroatoms. The Bertz CT molecular complexity index is 786. The van der Waals surface area contributed by atoms with Crippen LogP contribution in [-0.4, -0.2) is 75.5 Å². The summed E-state index contributed by atoms with van der Waals surface area (Å²) in [5.74, 6) is 2.81. The Kier molecular flexibility index (Phi) is 5.63. The van der Waals surface area contributed by atoms with Gasteiger partial charge in [0.15, 0.2) is 23.1 Å². The van der Waals surface area contributed by atoms with Gasteiger partial charge in [-0.3, -0.25) is 4.79 Å². The number of carbonyl (C=O) groups excluding carboxylic acids is 1. The highest BCUT2D eigenvalue weighted by Crippen LogP contribution is 2.28. The van der Waals surface area contributed by atoms with Crippen molar-refractivity contribution in [3.8, 4) is 11.5 Å². The molecule has 1 saturated heterocycles. The first-order valence-electron chi connectivity index (χ1n) is 8.80. The summed E-state index contributed by atoms with van der Waals surface area (Å²) in [6.45, 7) is 2.69.